The molecule has 3 aromatic rings. The van der Waals surface area contributed by atoms with Gasteiger partial charge in [0, 0.05) is 18.7 Å². The summed E-state index contributed by atoms with van der Waals surface area (Å²) in [6, 6.07) is 3.98. The maximum atomic E-state index is 16.0. The predicted molar refractivity (Wildman–Crippen MR) is 152 cm³/mol. The Kier molecular flexibility index (Phi) is 7.71. The van der Waals surface area contributed by atoms with Crippen LogP contribution in [0, 0.1) is 23.5 Å². The lowest BCUT2D eigenvalue weighted by atomic mass is 9.88. The first-order chi connectivity index (χ1) is 20.1. The van der Waals surface area contributed by atoms with Crippen LogP contribution in [0.1, 0.15) is 78.4 Å². The van der Waals surface area contributed by atoms with E-state index in [-0.39, 0.29) is 53.2 Å². The van der Waals surface area contributed by atoms with E-state index in [2.05, 4.69) is 15.4 Å². The van der Waals surface area contributed by atoms with E-state index in [1.165, 1.54) is 22.9 Å². The van der Waals surface area contributed by atoms with Gasteiger partial charge in [0.15, 0.2) is 5.82 Å². The van der Waals surface area contributed by atoms with Crippen molar-refractivity contribution in [1.29, 1.82) is 0 Å². The van der Waals surface area contributed by atoms with E-state index in [1.54, 1.807) is 24.0 Å². The number of aliphatic hydroxyl groups excluding tert-OH is 2. The van der Waals surface area contributed by atoms with E-state index < -0.39 is 23.3 Å². The van der Waals surface area contributed by atoms with Gasteiger partial charge in [-0.25, -0.2) is 13.8 Å². The summed E-state index contributed by atoms with van der Waals surface area (Å²) in [6.07, 6.45) is 6.42. The second-order valence-electron chi connectivity index (χ2n) is 11.9. The number of allylic oxidation sites excluding steroid dienone is 1. The quantitative estimate of drug-likeness (QED) is 0.316. The first-order valence-electron chi connectivity index (χ1n) is 14.3. The minimum atomic E-state index is -1.44. The number of nitrogens with one attached hydrogen (secondary N) is 1. The molecule has 3 aliphatic rings. The molecule has 0 spiro atoms. The van der Waals surface area contributed by atoms with Crippen molar-refractivity contribution in [3.05, 3.63) is 70.0 Å². The molecule has 12 heteroatoms. The van der Waals surface area contributed by atoms with Crippen LogP contribution in [0.2, 0.25) is 5.02 Å². The zero-order chi connectivity index (χ0) is 29.8. The molecular weight excluding hydrogens is 568 g/mol. The van der Waals surface area contributed by atoms with Crippen molar-refractivity contribution >= 4 is 28.8 Å². The molecule has 224 valence electrons. The Labute approximate surface area is 246 Å². The molecule has 2 aromatic heterocycles. The van der Waals surface area contributed by atoms with Crippen molar-refractivity contribution in [3.8, 4) is 0 Å². The van der Waals surface area contributed by atoms with E-state index in [9.17, 15) is 24.5 Å². The molecule has 42 heavy (non-hydrogen) atoms. The fourth-order valence-electron chi connectivity index (χ4n) is 7.25. The average molecular weight is 602 g/mol. The molecule has 0 aliphatic heterocycles. The van der Waals surface area contributed by atoms with Gasteiger partial charge in [-0.15, -0.1) is 0 Å². The number of aliphatic hydroxyl groups is 3. The summed E-state index contributed by atoms with van der Waals surface area (Å²) in [5, 5.41) is 38.5. The van der Waals surface area contributed by atoms with Crippen LogP contribution in [0.3, 0.4) is 0 Å². The largest absolute Gasteiger partial charge is 0.394 e. The van der Waals surface area contributed by atoms with Gasteiger partial charge in [-0.2, -0.15) is 5.10 Å². The van der Waals surface area contributed by atoms with E-state index >= 15 is 4.39 Å². The standard InChI is InChI=1S/C30H34ClF2N5O4/c1-37-15-34-26(27(37)29(41)35-20-4-7-23(32)22(31)12-20)17-10-18-13-30(42,14-19(18)11-17)28-24(33)25(36-38(28)8-9-39)16-2-5-21(40)6-3-16/h2,4,7,12,15,17-19,21,39-40,42H,3,5-6,8-11,13-14H2,1H3,(H,35,41). The Morgan fingerprint density at radius 3 is 2.62 bits per heavy atom. The summed E-state index contributed by atoms with van der Waals surface area (Å²) in [5.74, 6) is -1.38. The summed E-state index contributed by atoms with van der Waals surface area (Å²) in [4.78, 5) is 17.8. The highest BCUT2D eigenvalue weighted by Crippen LogP contribution is 2.57. The molecule has 1 aromatic carbocycles. The summed E-state index contributed by atoms with van der Waals surface area (Å²) in [5.41, 5.74) is 0.992. The Balaban J connectivity index is 1.21. The number of rotatable bonds is 7. The van der Waals surface area contributed by atoms with Crippen LogP contribution in [-0.2, 0) is 19.2 Å². The van der Waals surface area contributed by atoms with Crippen LogP contribution in [-0.4, -0.2) is 53.3 Å². The molecule has 3 unspecified atom stereocenters. The van der Waals surface area contributed by atoms with Gasteiger partial charge >= 0.3 is 0 Å². The van der Waals surface area contributed by atoms with Crippen molar-refractivity contribution in [3.63, 3.8) is 0 Å². The van der Waals surface area contributed by atoms with Gasteiger partial charge in [0.05, 0.1) is 36.3 Å². The SMILES string of the molecule is Cn1cnc(C2CC3CC(O)(c4c(F)c(C5=CCC(O)CC5)nn4CCO)CC3C2)c1C(=O)Nc1ccc(F)c(Cl)c1. The molecule has 0 radical (unpaired) electrons. The highest BCUT2D eigenvalue weighted by molar-refractivity contribution is 6.31. The monoisotopic (exact) mass is 601 g/mol. The fourth-order valence-corrected chi connectivity index (χ4v) is 7.43. The number of carbonyl (C=O) groups is 1. The third kappa shape index (κ3) is 5.16. The number of nitrogens with zero attached hydrogens (tertiary/aromatic N) is 4. The number of carbonyl (C=O) groups excluding carboxylic acids is 1. The second kappa shape index (κ2) is 11.2. The van der Waals surface area contributed by atoms with E-state index in [0.717, 1.165) is 0 Å². The number of anilines is 1. The highest BCUT2D eigenvalue weighted by Gasteiger charge is 2.53. The van der Waals surface area contributed by atoms with Crippen LogP contribution in [0.5, 0.6) is 0 Å². The second-order valence-corrected chi connectivity index (χ2v) is 12.3. The minimum Gasteiger partial charge on any atom is -0.394 e. The normalized spacial score (nSPS) is 27.3. The van der Waals surface area contributed by atoms with Gasteiger partial charge in [0.1, 0.15) is 28.5 Å². The number of imidazole rings is 1. The molecule has 1 amide bonds. The molecule has 3 aliphatic carbocycles. The van der Waals surface area contributed by atoms with Crippen molar-refractivity contribution in [2.24, 2.45) is 18.9 Å². The first-order valence-corrected chi connectivity index (χ1v) is 14.7. The van der Waals surface area contributed by atoms with E-state index in [0.29, 0.717) is 67.6 Å². The summed E-state index contributed by atoms with van der Waals surface area (Å²) in [6.45, 7) is -0.181. The zero-order valence-corrected chi connectivity index (χ0v) is 24.0. The molecule has 2 fully saturated rings. The number of hydrogen-bond donors (Lipinski definition) is 4. The van der Waals surface area contributed by atoms with Crippen LogP contribution in [0.4, 0.5) is 14.5 Å². The molecule has 2 saturated carbocycles. The molecule has 2 heterocycles. The Hall–Kier alpha value is -3.12. The minimum absolute atomic E-state index is 0.0233. The molecule has 0 bridgehead atoms. The molecule has 4 N–H and O–H groups in total. The summed E-state index contributed by atoms with van der Waals surface area (Å²) in [7, 11) is 1.74. The molecule has 0 saturated heterocycles. The Bertz CT molecular complexity index is 1540. The molecular formula is C30H34ClF2N5O4. The van der Waals surface area contributed by atoms with Gasteiger partial charge in [-0.05, 0) is 80.6 Å². The third-order valence-corrected chi connectivity index (χ3v) is 9.41. The average Bonchev–Trinajstić information content (AvgIpc) is 3.67. The Morgan fingerprint density at radius 1 is 1.24 bits per heavy atom. The van der Waals surface area contributed by atoms with Crippen LogP contribution in [0.25, 0.3) is 5.57 Å². The number of aromatic nitrogens is 4. The topological polar surface area (TPSA) is 125 Å². The number of aryl methyl sites for hydroxylation is 1. The van der Waals surface area contributed by atoms with Crippen molar-refractivity contribution < 1.29 is 28.9 Å². The van der Waals surface area contributed by atoms with E-state index in [1.807, 2.05) is 0 Å². The van der Waals surface area contributed by atoms with Gasteiger partial charge in [-0.3, -0.25) is 9.48 Å². The smallest absolute Gasteiger partial charge is 0.274 e. The highest BCUT2D eigenvalue weighted by atomic mass is 35.5. The predicted octanol–water partition coefficient (Wildman–Crippen LogP) is 4.51. The van der Waals surface area contributed by atoms with Gasteiger partial charge in [0.2, 0.25) is 0 Å². The lowest BCUT2D eigenvalue weighted by Crippen LogP contribution is -2.29. The number of hydrogen-bond acceptors (Lipinski definition) is 6. The van der Waals surface area contributed by atoms with Gasteiger partial charge < -0.3 is 25.2 Å². The van der Waals surface area contributed by atoms with Gasteiger partial charge in [-0.1, -0.05) is 17.7 Å². The molecule has 9 nitrogen and oxygen atoms in total. The van der Waals surface area contributed by atoms with Crippen molar-refractivity contribution in [1.82, 2.24) is 19.3 Å². The maximum Gasteiger partial charge on any atom is 0.274 e. The lowest BCUT2D eigenvalue weighted by molar-refractivity contribution is 0.0209. The fraction of sp³-hybridized carbons (Fsp3) is 0.500. The van der Waals surface area contributed by atoms with E-state index in [4.69, 9.17) is 11.6 Å². The zero-order valence-electron chi connectivity index (χ0n) is 23.2. The molecule has 3 atom stereocenters. The van der Waals surface area contributed by atoms with Crippen LogP contribution < -0.4 is 5.32 Å². The van der Waals surface area contributed by atoms with Crippen LogP contribution >= 0.6 is 11.6 Å². The van der Waals surface area contributed by atoms with Crippen LogP contribution in [0.15, 0.2) is 30.6 Å². The van der Waals surface area contributed by atoms with Crippen molar-refractivity contribution in [2.75, 3.05) is 11.9 Å². The number of fused-ring (bicyclic) bond motifs is 1. The maximum absolute atomic E-state index is 16.0. The first kappa shape index (κ1) is 29.0. The molecule has 6 rings (SSSR count). The number of amides is 1. The van der Waals surface area contributed by atoms with Crippen molar-refractivity contribution in [2.45, 2.75) is 69.1 Å². The number of halogens is 3. The third-order valence-electron chi connectivity index (χ3n) is 9.12. The Morgan fingerprint density at radius 2 is 1.98 bits per heavy atom. The lowest BCUT2D eigenvalue weighted by Gasteiger charge is -2.26. The number of benzene rings is 1. The van der Waals surface area contributed by atoms with Gasteiger partial charge in [0.25, 0.3) is 5.91 Å². The summed E-state index contributed by atoms with van der Waals surface area (Å²) >= 11 is 5.88. The summed E-state index contributed by atoms with van der Waals surface area (Å²) < 4.78 is 32.6.